The second-order valence-corrected chi connectivity index (χ2v) is 7.14. The number of nitrogens with zero attached hydrogens (tertiary/aromatic N) is 4. The van der Waals surface area contributed by atoms with Crippen LogP contribution in [0.5, 0.6) is 0 Å². The van der Waals surface area contributed by atoms with E-state index in [2.05, 4.69) is 15.2 Å². The molecule has 1 aromatic carbocycles. The lowest BCUT2D eigenvalue weighted by molar-refractivity contribution is -0.132. The van der Waals surface area contributed by atoms with Gasteiger partial charge in [0.1, 0.15) is 11.6 Å². The first kappa shape index (κ1) is 21.7. The normalized spacial score (nSPS) is 14.4. The third-order valence-electron chi connectivity index (χ3n) is 5.30. The maximum atomic E-state index is 14.0. The van der Waals surface area contributed by atoms with Crippen molar-refractivity contribution >= 4 is 23.3 Å². The van der Waals surface area contributed by atoms with E-state index < -0.39 is 5.82 Å². The molecule has 0 atom stereocenters. The molecular weight excluding hydrogens is 385 g/mol. The van der Waals surface area contributed by atoms with Gasteiger partial charge in [-0.05, 0) is 38.1 Å². The SMILES string of the molecule is CCN(CC)C(=O)CN1CCN(C(=O)c2cccnc2Nc2ccccc2F)CC1. The monoisotopic (exact) mass is 413 g/mol. The molecule has 3 rings (SSSR count). The summed E-state index contributed by atoms with van der Waals surface area (Å²) >= 11 is 0. The molecule has 1 aromatic heterocycles. The van der Waals surface area contributed by atoms with Crippen LogP contribution in [0.4, 0.5) is 15.9 Å². The van der Waals surface area contributed by atoms with Crippen molar-refractivity contribution in [2.24, 2.45) is 0 Å². The van der Waals surface area contributed by atoms with E-state index in [1.54, 1.807) is 41.4 Å². The van der Waals surface area contributed by atoms with Crippen LogP contribution >= 0.6 is 0 Å². The van der Waals surface area contributed by atoms with Gasteiger partial charge in [-0.2, -0.15) is 0 Å². The number of para-hydroxylation sites is 1. The van der Waals surface area contributed by atoms with Gasteiger partial charge in [0.05, 0.1) is 17.8 Å². The number of carbonyl (C=O) groups excluding carboxylic acids is 2. The molecule has 1 N–H and O–H groups in total. The number of piperazine rings is 1. The Morgan fingerprint density at radius 3 is 2.43 bits per heavy atom. The maximum absolute atomic E-state index is 14.0. The van der Waals surface area contributed by atoms with E-state index in [0.29, 0.717) is 57.2 Å². The van der Waals surface area contributed by atoms with Crippen molar-refractivity contribution in [1.29, 1.82) is 0 Å². The number of pyridine rings is 1. The minimum Gasteiger partial charge on any atom is -0.342 e. The highest BCUT2D eigenvalue weighted by Crippen LogP contribution is 2.22. The third kappa shape index (κ3) is 5.13. The largest absolute Gasteiger partial charge is 0.342 e. The molecule has 8 heteroatoms. The molecule has 0 spiro atoms. The van der Waals surface area contributed by atoms with Gasteiger partial charge in [0.2, 0.25) is 5.91 Å². The average molecular weight is 413 g/mol. The van der Waals surface area contributed by atoms with Crippen molar-refractivity contribution in [2.75, 3.05) is 51.1 Å². The van der Waals surface area contributed by atoms with Crippen molar-refractivity contribution in [3.8, 4) is 0 Å². The fourth-order valence-electron chi connectivity index (χ4n) is 3.51. The Kier molecular flexibility index (Phi) is 7.35. The summed E-state index contributed by atoms with van der Waals surface area (Å²) < 4.78 is 14.0. The molecule has 7 nitrogen and oxygen atoms in total. The Morgan fingerprint density at radius 1 is 1.07 bits per heavy atom. The van der Waals surface area contributed by atoms with Crippen LogP contribution in [0.2, 0.25) is 0 Å². The number of nitrogens with one attached hydrogen (secondary N) is 1. The first-order valence-electron chi connectivity index (χ1n) is 10.3. The zero-order valence-electron chi connectivity index (χ0n) is 17.5. The van der Waals surface area contributed by atoms with Gasteiger partial charge in [-0.3, -0.25) is 14.5 Å². The molecule has 0 bridgehead atoms. The van der Waals surface area contributed by atoms with Crippen LogP contribution in [-0.4, -0.2) is 77.3 Å². The van der Waals surface area contributed by atoms with E-state index in [-0.39, 0.29) is 17.5 Å². The predicted octanol–water partition coefficient (Wildman–Crippen LogP) is 2.59. The van der Waals surface area contributed by atoms with Gasteiger partial charge in [-0.25, -0.2) is 9.37 Å². The van der Waals surface area contributed by atoms with Crippen LogP contribution in [0.1, 0.15) is 24.2 Å². The number of likely N-dealkylation sites (N-methyl/N-ethyl adjacent to an activating group) is 1. The summed E-state index contributed by atoms with van der Waals surface area (Å²) in [5, 5.41) is 2.93. The molecule has 1 aliphatic heterocycles. The number of amides is 2. The first-order chi connectivity index (χ1) is 14.5. The lowest BCUT2D eigenvalue weighted by atomic mass is 10.2. The standard InChI is InChI=1S/C22H28FN5O2/c1-3-27(4-2)20(29)16-26-12-14-28(15-13-26)22(30)17-8-7-11-24-21(17)25-19-10-6-5-9-18(19)23/h5-11H,3-4,12-16H2,1-2H3,(H,24,25). The van der Waals surface area contributed by atoms with Crippen molar-refractivity contribution in [2.45, 2.75) is 13.8 Å². The van der Waals surface area contributed by atoms with Gasteiger partial charge in [-0.1, -0.05) is 12.1 Å². The van der Waals surface area contributed by atoms with Gasteiger partial charge in [0.15, 0.2) is 0 Å². The summed E-state index contributed by atoms with van der Waals surface area (Å²) in [5.41, 5.74) is 0.665. The number of hydrogen-bond acceptors (Lipinski definition) is 5. The summed E-state index contributed by atoms with van der Waals surface area (Å²) in [5.74, 6) is -0.125. The quantitative estimate of drug-likeness (QED) is 0.756. The Hall–Kier alpha value is -3.00. The second-order valence-electron chi connectivity index (χ2n) is 7.14. The molecule has 0 unspecified atom stereocenters. The van der Waals surface area contributed by atoms with Crippen LogP contribution in [-0.2, 0) is 4.79 Å². The Balaban J connectivity index is 1.63. The number of benzene rings is 1. The Labute approximate surface area is 176 Å². The van der Waals surface area contributed by atoms with Crippen LogP contribution in [0, 0.1) is 5.82 Å². The summed E-state index contributed by atoms with van der Waals surface area (Å²) in [7, 11) is 0. The van der Waals surface area contributed by atoms with Gasteiger partial charge in [0, 0.05) is 45.5 Å². The zero-order chi connectivity index (χ0) is 21.5. The maximum Gasteiger partial charge on any atom is 0.257 e. The molecule has 2 aromatic rings. The average Bonchev–Trinajstić information content (AvgIpc) is 2.77. The molecule has 30 heavy (non-hydrogen) atoms. The fourth-order valence-corrected chi connectivity index (χ4v) is 3.51. The molecule has 1 fully saturated rings. The third-order valence-corrected chi connectivity index (χ3v) is 5.30. The molecule has 2 amide bonds. The van der Waals surface area contributed by atoms with Crippen LogP contribution < -0.4 is 5.32 Å². The first-order valence-corrected chi connectivity index (χ1v) is 10.3. The minimum absolute atomic E-state index is 0.114. The van der Waals surface area contributed by atoms with E-state index in [1.807, 2.05) is 18.7 Å². The smallest absolute Gasteiger partial charge is 0.257 e. The minimum atomic E-state index is -0.409. The summed E-state index contributed by atoms with van der Waals surface area (Å²) in [6.45, 7) is 8.04. The molecule has 1 aliphatic rings. The number of rotatable bonds is 7. The summed E-state index contributed by atoms with van der Waals surface area (Å²) in [6.07, 6.45) is 1.57. The molecule has 0 saturated carbocycles. The van der Waals surface area contributed by atoms with E-state index in [0.717, 1.165) is 0 Å². The highest BCUT2D eigenvalue weighted by atomic mass is 19.1. The van der Waals surface area contributed by atoms with Gasteiger partial charge >= 0.3 is 0 Å². The van der Waals surface area contributed by atoms with Crippen LogP contribution in [0.25, 0.3) is 0 Å². The molecule has 160 valence electrons. The lowest BCUT2D eigenvalue weighted by Crippen LogP contribution is -2.51. The number of halogens is 1. The van der Waals surface area contributed by atoms with Crippen LogP contribution in [0.15, 0.2) is 42.6 Å². The van der Waals surface area contributed by atoms with Gasteiger partial charge in [-0.15, -0.1) is 0 Å². The van der Waals surface area contributed by atoms with Gasteiger partial charge in [0.25, 0.3) is 5.91 Å². The van der Waals surface area contributed by atoms with Gasteiger partial charge < -0.3 is 15.1 Å². The van der Waals surface area contributed by atoms with E-state index in [9.17, 15) is 14.0 Å². The molecule has 0 aliphatic carbocycles. The number of anilines is 2. The number of carbonyl (C=O) groups is 2. The second kappa shape index (κ2) is 10.2. The van der Waals surface area contributed by atoms with Crippen molar-refractivity contribution in [3.63, 3.8) is 0 Å². The fraction of sp³-hybridized carbons (Fsp3) is 0.409. The molecular formula is C22H28FN5O2. The number of aromatic nitrogens is 1. The Morgan fingerprint density at radius 2 is 1.77 bits per heavy atom. The van der Waals surface area contributed by atoms with Crippen LogP contribution in [0.3, 0.4) is 0 Å². The molecule has 2 heterocycles. The van der Waals surface area contributed by atoms with Crippen molar-refractivity contribution in [3.05, 3.63) is 54.0 Å². The summed E-state index contributed by atoms with van der Waals surface area (Å²) in [4.78, 5) is 35.3. The highest BCUT2D eigenvalue weighted by molar-refractivity contribution is 5.99. The van der Waals surface area contributed by atoms with E-state index >= 15 is 0 Å². The lowest BCUT2D eigenvalue weighted by Gasteiger charge is -2.35. The zero-order valence-corrected chi connectivity index (χ0v) is 17.5. The molecule has 0 radical (unpaired) electrons. The Bertz CT molecular complexity index is 879. The predicted molar refractivity (Wildman–Crippen MR) is 114 cm³/mol. The van der Waals surface area contributed by atoms with Crippen molar-refractivity contribution in [1.82, 2.24) is 19.7 Å². The summed E-state index contributed by atoms with van der Waals surface area (Å²) in [6, 6.07) is 9.66. The topological polar surface area (TPSA) is 68.8 Å². The van der Waals surface area contributed by atoms with Crippen molar-refractivity contribution < 1.29 is 14.0 Å². The van der Waals surface area contributed by atoms with E-state index in [1.165, 1.54) is 6.07 Å². The highest BCUT2D eigenvalue weighted by Gasteiger charge is 2.26. The van der Waals surface area contributed by atoms with E-state index in [4.69, 9.17) is 0 Å². The molecule has 1 saturated heterocycles. The number of hydrogen-bond donors (Lipinski definition) is 1.